The molecule has 0 amide bonds. The second-order valence-corrected chi connectivity index (χ2v) is 3.68. The first-order valence-corrected chi connectivity index (χ1v) is 5.44. The van der Waals surface area contributed by atoms with Crippen LogP contribution in [0.25, 0.3) is 0 Å². The van der Waals surface area contributed by atoms with Gasteiger partial charge in [0.25, 0.3) is 5.56 Å². The van der Waals surface area contributed by atoms with E-state index in [1.54, 1.807) is 0 Å². The van der Waals surface area contributed by atoms with Crippen molar-refractivity contribution in [2.45, 2.75) is 6.54 Å². The number of nitrogen functional groups attached to an aromatic ring is 1. The number of rotatable bonds is 4. The third kappa shape index (κ3) is 2.79. The molecular weight excluding hydrogens is 234 g/mol. The third-order valence-corrected chi connectivity index (χ3v) is 2.39. The molecule has 6 nitrogen and oxygen atoms in total. The normalized spacial score (nSPS) is 10.2. The smallest absolute Gasteiger partial charge is 0.330 e. The SMILES string of the molecule is Nc1cc(=O)[nH]c(=O)n1CCOc1ccccc1. The summed E-state index contributed by atoms with van der Waals surface area (Å²) < 4.78 is 6.70. The quantitative estimate of drug-likeness (QED) is 0.807. The summed E-state index contributed by atoms with van der Waals surface area (Å²) >= 11 is 0. The van der Waals surface area contributed by atoms with E-state index in [1.807, 2.05) is 30.3 Å². The summed E-state index contributed by atoms with van der Waals surface area (Å²) in [5.41, 5.74) is 4.56. The summed E-state index contributed by atoms with van der Waals surface area (Å²) in [7, 11) is 0. The Bertz CT molecular complexity index is 631. The number of benzene rings is 1. The molecule has 0 aliphatic heterocycles. The van der Waals surface area contributed by atoms with Crippen molar-refractivity contribution in [3.05, 3.63) is 57.2 Å². The second kappa shape index (κ2) is 5.22. The van der Waals surface area contributed by atoms with Gasteiger partial charge in [-0.3, -0.25) is 14.3 Å². The molecule has 1 aromatic heterocycles. The summed E-state index contributed by atoms with van der Waals surface area (Å²) in [5, 5.41) is 0. The first-order valence-electron chi connectivity index (χ1n) is 5.44. The molecule has 0 atom stereocenters. The van der Waals surface area contributed by atoms with Crippen molar-refractivity contribution in [3.63, 3.8) is 0 Å². The van der Waals surface area contributed by atoms with Gasteiger partial charge in [0.15, 0.2) is 0 Å². The molecule has 0 aliphatic carbocycles. The van der Waals surface area contributed by atoms with Gasteiger partial charge < -0.3 is 10.5 Å². The number of hydrogen-bond donors (Lipinski definition) is 2. The number of H-pyrrole nitrogens is 1. The van der Waals surface area contributed by atoms with Crippen LogP contribution in [-0.4, -0.2) is 16.2 Å². The highest BCUT2D eigenvalue weighted by Gasteiger charge is 2.02. The van der Waals surface area contributed by atoms with Crippen molar-refractivity contribution in [1.82, 2.24) is 9.55 Å². The maximum atomic E-state index is 11.5. The average Bonchev–Trinajstić information content (AvgIpc) is 2.34. The van der Waals surface area contributed by atoms with Crippen LogP contribution in [0.2, 0.25) is 0 Å². The molecule has 0 fully saturated rings. The summed E-state index contributed by atoms with van der Waals surface area (Å²) in [6.07, 6.45) is 0. The number of aromatic amines is 1. The van der Waals surface area contributed by atoms with Crippen LogP contribution < -0.4 is 21.7 Å². The lowest BCUT2D eigenvalue weighted by atomic mass is 10.3. The molecule has 6 heteroatoms. The van der Waals surface area contributed by atoms with Gasteiger partial charge in [-0.15, -0.1) is 0 Å². The van der Waals surface area contributed by atoms with Crippen molar-refractivity contribution in [3.8, 4) is 5.75 Å². The van der Waals surface area contributed by atoms with Crippen LogP contribution in [0.15, 0.2) is 46.0 Å². The van der Waals surface area contributed by atoms with Gasteiger partial charge in [0.2, 0.25) is 0 Å². The van der Waals surface area contributed by atoms with E-state index in [0.29, 0.717) is 12.4 Å². The zero-order valence-electron chi connectivity index (χ0n) is 9.63. The van der Waals surface area contributed by atoms with Crippen molar-refractivity contribution < 1.29 is 4.74 Å². The summed E-state index contributed by atoms with van der Waals surface area (Å²) in [4.78, 5) is 24.6. The van der Waals surface area contributed by atoms with Crippen LogP contribution in [0.3, 0.4) is 0 Å². The number of para-hydroxylation sites is 1. The monoisotopic (exact) mass is 247 g/mol. The van der Waals surface area contributed by atoms with Gasteiger partial charge in [0.1, 0.15) is 18.2 Å². The lowest BCUT2D eigenvalue weighted by Gasteiger charge is -2.09. The van der Waals surface area contributed by atoms with Gasteiger partial charge >= 0.3 is 5.69 Å². The van der Waals surface area contributed by atoms with Crippen LogP contribution in [0.5, 0.6) is 5.75 Å². The zero-order chi connectivity index (χ0) is 13.0. The minimum Gasteiger partial charge on any atom is -0.492 e. The maximum Gasteiger partial charge on any atom is 0.330 e. The van der Waals surface area contributed by atoms with E-state index in [-0.39, 0.29) is 12.4 Å². The van der Waals surface area contributed by atoms with Crippen molar-refractivity contribution in [1.29, 1.82) is 0 Å². The molecule has 0 bridgehead atoms. The number of nitrogens with zero attached hydrogens (tertiary/aromatic N) is 1. The third-order valence-electron chi connectivity index (χ3n) is 2.39. The summed E-state index contributed by atoms with van der Waals surface area (Å²) in [6.45, 7) is 0.566. The molecule has 18 heavy (non-hydrogen) atoms. The second-order valence-electron chi connectivity index (χ2n) is 3.68. The number of nitrogens with one attached hydrogen (secondary N) is 1. The van der Waals surface area contributed by atoms with E-state index in [4.69, 9.17) is 10.5 Å². The van der Waals surface area contributed by atoms with Gasteiger partial charge in [0, 0.05) is 6.07 Å². The Morgan fingerprint density at radius 3 is 2.61 bits per heavy atom. The van der Waals surface area contributed by atoms with E-state index in [0.717, 1.165) is 0 Å². The van der Waals surface area contributed by atoms with Crippen molar-refractivity contribution >= 4 is 5.82 Å². The fourth-order valence-electron chi connectivity index (χ4n) is 1.54. The van der Waals surface area contributed by atoms with Crippen molar-refractivity contribution in [2.75, 3.05) is 12.3 Å². The Labute approximate surface area is 103 Å². The molecule has 94 valence electrons. The maximum absolute atomic E-state index is 11.5. The minimum atomic E-state index is -0.531. The largest absolute Gasteiger partial charge is 0.492 e. The molecule has 3 N–H and O–H groups in total. The van der Waals surface area contributed by atoms with E-state index in [2.05, 4.69) is 4.98 Å². The Hall–Kier alpha value is -2.50. The van der Waals surface area contributed by atoms with Gasteiger partial charge in [-0.25, -0.2) is 4.79 Å². The highest BCUT2D eigenvalue weighted by atomic mass is 16.5. The van der Waals surface area contributed by atoms with Crippen LogP contribution in [-0.2, 0) is 6.54 Å². The van der Waals surface area contributed by atoms with Gasteiger partial charge in [-0.1, -0.05) is 18.2 Å². The lowest BCUT2D eigenvalue weighted by Crippen LogP contribution is -2.32. The Morgan fingerprint density at radius 2 is 1.94 bits per heavy atom. The number of aromatic nitrogens is 2. The Morgan fingerprint density at radius 1 is 1.22 bits per heavy atom. The highest BCUT2D eigenvalue weighted by molar-refractivity contribution is 5.26. The van der Waals surface area contributed by atoms with E-state index in [1.165, 1.54) is 10.6 Å². The van der Waals surface area contributed by atoms with Crippen LogP contribution in [0.4, 0.5) is 5.82 Å². The average molecular weight is 247 g/mol. The summed E-state index contributed by atoms with van der Waals surface area (Å²) in [5.74, 6) is 0.842. The fraction of sp³-hybridized carbons (Fsp3) is 0.167. The van der Waals surface area contributed by atoms with Gasteiger partial charge in [-0.2, -0.15) is 0 Å². The topological polar surface area (TPSA) is 90.1 Å². The first kappa shape index (κ1) is 12.0. The molecule has 0 spiro atoms. The molecule has 2 rings (SSSR count). The molecule has 0 radical (unpaired) electrons. The van der Waals surface area contributed by atoms with Crippen LogP contribution >= 0.6 is 0 Å². The molecule has 0 unspecified atom stereocenters. The predicted octanol–water partition coefficient (Wildman–Crippen LogP) is 0.198. The van der Waals surface area contributed by atoms with Gasteiger partial charge in [-0.05, 0) is 12.1 Å². The van der Waals surface area contributed by atoms with Crippen molar-refractivity contribution in [2.24, 2.45) is 0 Å². The Kier molecular flexibility index (Phi) is 3.47. The Balaban J connectivity index is 2.03. The zero-order valence-corrected chi connectivity index (χ0v) is 9.63. The molecule has 0 saturated carbocycles. The standard InChI is InChI=1S/C12H13N3O3/c13-10-8-11(16)14-12(17)15(10)6-7-18-9-4-2-1-3-5-9/h1-5,8H,6-7,13H2,(H,14,16,17). The molecule has 2 aromatic rings. The summed E-state index contributed by atoms with van der Waals surface area (Å²) in [6, 6.07) is 10.4. The molecule has 1 heterocycles. The number of ether oxygens (including phenoxy) is 1. The number of nitrogens with two attached hydrogens (primary N) is 1. The number of anilines is 1. The lowest BCUT2D eigenvalue weighted by molar-refractivity contribution is 0.296. The molecule has 0 aliphatic rings. The fourth-order valence-corrected chi connectivity index (χ4v) is 1.54. The van der Waals surface area contributed by atoms with Crippen LogP contribution in [0.1, 0.15) is 0 Å². The van der Waals surface area contributed by atoms with Crippen LogP contribution in [0, 0.1) is 0 Å². The molecule has 1 aromatic carbocycles. The molecule has 0 saturated heterocycles. The van der Waals surface area contributed by atoms with E-state index < -0.39 is 11.2 Å². The first-order chi connectivity index (χ1) is 8.66. The molecular formula is C12H13N3O3. The van der Waals surface area contributed by atoms with Gasteiger partial charge in [0.05, 0.1) is 6.54 Å². The van der Waals surface area contributed by atoms with E-state index in [9.17, 15) is 9.59 Å². The minimum absolute atomic E-state index is 0.125. The predicted molar refractivity (Wildman–Crippen MR) is 67.7 cm³/mol. The highest BCUT2D eigenvalue weighted by Crippen LogP contribution is 2.08. The number of hydrogen-bond acceptors (Lipinski definition) is 4. The van der Waals surface area contributed by atoms with E-state index >= 15 is 0 Å².